The molecule has 0 radical (unpaired) electrons. The van der Waals surface area contributed by atoms with Crippen LogP contribution in [-0.4, -0.2) is 10.9 Å². The van der Waals surface area contributed by atoms with E-state index < -0.39 is 0 Å². The molecule has 0 saturated heterocycles. The van der Waals surface area contributed by atoms with Crippen molar-refractivity contribution in [1.29, 1.82) is 0 Å². The molecular formula is C17H32OS. The zero-order valence-corrected chi connectivity index (χ0v) is 14.0. The molecule has 2 heteroatoms. The SMILES string of the molecule is CCCCCCC(=CCSC(C)=O)CCCCCC. The maximum atomic E-state index is 11.0. The molecule has 0 aromatic rings. The Morgan fingerprint density at radius 1 is 0.895 bits per heavy atom. The molecular weight excluding hydrogens is 252 g/mol. The van der Waals surface area contributed by atoms with Gasteiger partial charge in [-0.2, -0.15) is 0 Å². The van der Waals surface area contributed by atoms with Gasteiger partial charge in [0.2, 0.25) is 0 Å². The summed E-state index contributed by atoms with van der Waals surface area (Å²) in [5.74, 6) is 0.867. The summed E-state index contributed by atoms with van der Waals surface area (Å²) in [5, 5.41) is 0.229. The number of carbonyl (C=O) groups excluding carboxylic acids is 1. The lowest BCUT2D eigenvalue weighted by Gasteiger charge is -2.08. The van der Waals surface area contributed by atoms with Crippen LogP contribution in [0.15, 0.2) is 11.6 Å². The summed E-state index contributed by atoms with van der Waals surface area (Å²) >= 11 is 1.43. The summed E-state index contributed by atoms with van der Waals surface area (Å²) in [6.07, 6.45) is 15.4. The van der Waals surface area contributed by atoms with Gasteiger partial charge in [0.25, 0.3) is 0 Å². The molecule has 0 rings (SSSR count). The van der Waals surface area contributed by atoms with E-state index in [9.17, 15) is 4.79 Å². The number of unbranched alkanes of at least 4 members (excludes halogenated alkanes) is 6. The van der Waals surface area contributed by atoms with Crippen molar-refractivity contribution in [3.8, 4) is 0 Å². The van der Waals surface area contributed by atoms with E-state index in [4.69, 9.17) is 0 Å². The minimum Gasteiger partial charge on any atom is -0.288 e. The van der Waals surface area contributed by atoms with Crippen molar-refractivity contribution < 1.29 is 4.79 Å². The molecule has 0 fully saturated rings. The van der Waals surface area contributed by atoms with Gasteiger partial charge in [0.15, 0.2) is 5.12 Å². The fourth-order valence-electron chi connectivity index (χ4n) is 2.16. The van der Waals surface area contributed by atoms with Crippen LogP contribution in [0.4, 0.5) is 0 Å². The lowest BCUT2D eigenvalue weighted by atomic mass is 10.0. The molecule has 0 spiro atoms. The van der Waals surface area contributed by atoms with Crippen LogP contribution in [0.1, 0.15) is 85.0 Å². The van der Waals surface area contributed by atoms with Crippen LogP contribution < -0.4 is 0 Å². The molecule has 0 heterocycles. The van der Waals surface area contributed by atoms with Gasteiger partial charge in [-0.15, -0.1) is 0 Å². The number of allylic oxidation sites excluding steroid dienone is 1. The molecule has 0 aromatic carbocycles. The van der Waals surface area contributed by atoms with Crippen LogP contribution in [0.5, 0.6) is 0 Å². The van der Waals surface area contributed by atoms with Crippen molar-refractivity contribution in [3.05, 3.63) is 11.6 Å². The van der Waals surface area contributed by atoms with Gasteiger partial charge in [0.1, 0.15) is 0 Å². The molecule has 0 amide bonds. The molecule has 0 aromatic heterocycles. The molecule has 0 aliphatic rings. The van der Waals surface area contributed by atoms with Gasteiger partial charge in [-0.3, -0.25) is 4.79 Å². The predicted octanol–water partition coefficient (Wildman–Crippen LogP) is 6.13. The largest absolute Gasteiger partial charge is 0.288 e. The fraction of sp³-hybridized carbons (Fsp3) is 0.824. The van der Waals surface area contributed by atoms with Crippen LogP contribution in [-0.2, 0) is 4.79 Å². The molecule has 0 aliphatic heterocycles. The first-order valence-corrected chi connectivity index (χ1v) is 9.00. The Balaban J connectivity index is 3.94. The van der Waals surface area contributed by atoms with Crippen LogP contribution in [0.25, 0.3) is 0 Å². The number of carbonyl (C=O) groups is 1. The highest BCUT2D eigenvalue weighted by atomic mass is 32.2. The lowest BCUT2D eigenvalue weighted by Crippen LogP contribution is -1.90. The van der Waals surface area contributed by atoms with E-state index in [1.807, 2.05) is 0 Å². The molecule has 0 aliphatic carbocycles. The Bertz CT molecular complexity index is 232. The third-order valence-corrected chi connectivity index (χ3v) is 4.10. The summed E-state index contributed by atoms with van der Waals surface area (Å²) in [7, 11) is 0. The van der Waals surface area contributed by atoms with Crippen molar-refractivity contribution in [2.75, 3.05) is 5.75 Å². The van der Waals surface area contributed by atoms with Crippen LogP contribution >= 0.6 is 11.8 Å². The summed E-state index contributed by atoms with van der Waals surface area (Å²) in [5.41, 5.74) is 1.58. The standard InChI is InChI=1S/C17H32OS/c1-4-6-8-10-12-17(13-11-9-7-5-2)14-15-19-16(3)18/h14H,4-13,15H2,1-3H3. The van der Waals surface area contributed by atoms with Gasteiger partial charge >= 0.3 is 0 Å². The Morgan fingerprint density at radius 2 is 1.42 bits per heavy atom. The Kier molecular flexibility index (Phi) is 14.0. The first kappa shape index (κ1) is 18.8. The van der Waals surface area contributed by atoms with E-state index in [-0.39, 0.29) is 5.12 Å². The topological polar surface area (TPSA) is 17.1 Å². The first-order valence-electron chi connectivity index (χ1n) is 8.02. The van der Waals surface area contributed by atoms with E-state index in [0.29, 0.717) is 0 Å². The highest BCUT2D eigenvalue weighted by Crippen LogP contribution is 2.18. The van der Waals surface area contributed by atoms with E-state index >= 15 is 0 Å². The maximum Gasteiger partial charge on any atom is 0.186 e. The molecule has 0 saturated carbocycles. The highest BCUT2D eigenvalue weighted by molar-refractivity contribution is 8.13. The second-order valence-electron chi connectivity index (χ2n) is 5.29. The molecule has 112 valence electrons. The second-order valence-corrected chi connectivity index (χ2v) is 6.48. The van der Waals surface area contributed by atoms with Gasteiger partial charge < -0.3 is 0 Å². The smallest absolute Gasteiger partial charge is 0.186 e. The van der Waals surface area contributed by atoms with Gasteiger partial charge in [0, 0.05) is 12.7 Å². The summed E-state index contributed by atoms with van der Waals surface area (Å²) in [4.78, 5) is 11.0. The quantitative estimate of drug-likeness (QED) is 0.316. The average molecular weight is 285 g/mol. The van der Waals surface area contributed by atoms with E-state index in [1.54, 1.807) is 12.5 Å². The van der Waals surface area contributed by atoms with E-state index in [0.717, 1.165) is 5.75 Å². The Hall–Kier alpha value is -0.240. The lowest BCUT2D eigenvalue weighted by molar-refractivity contribution is -0.109. The maximum absolute atomic E-state index is 11.0. The van der Waals surface area contributed by atoms with Gasteiger partial charge in [0.05, 0.1) is 0 Å². The minimum absolute atomic E-state index is 0.229. The Labute approximate surface area is 124 Å². The zero-order valence-electron chi connectivity index (χ0n) is 13.2. The monoisotopic (exact) mass is 284 g/mol. The van der Waals surface area contributed by atoms with Gasteiger partial charge in [-0.1, -0.05) is 75.8 Å². The molecule has 0 bridgehead atoms. The first-order chi connectivity index (χ1) is 9.20. The van der Waals surface area contributed by atoms with Crippen molar-refractivity contribution in [3.63, 3.8) is 0 Å². The second kappa shape index (κ2) is 14.2. The fourth-order valence-corrected chi connectivity index (χ4v) is 2.72. The average Bonchev–Trinajstić information content (AvgIpc) is 2.38. The zero-order chi connectivity index (χ0) is 14.3. The van der Waals surface area contributed by atoms with E-state index in [2.05, 4.69) is 19.9 Å². The summed E-state index contributed by atoms with van der Waals surface area (Å²) < 4.78 is 0. The van der Waals surface area contributed by atoms with Gasteiger partial charge in [-0.05, 0) is 25.7 Å². The van der Waals surface area contributed by atoms with Crippen LogP contribution in [0.3, 0.4) is 0 Å². The number of thioether (sulfide) groups is 1. The molecule has 0 atom stereocenters. The van der Waals surface area contributed by atoms with Crippen molar-refractivity contribution in [2.45, 2.75) is 85.0 Å². The summed E-state index contributed by atoms with van der Waals surface area (Å²) in [6, 6.07) is 0. The minimum atomic E-state index is 0.229. The normalized spacial score (nSPS) is 10.5. The molecule has 0 unspecified atom stereocenters. The Morgan fingerprint density at radius 3 is 1.84 bits per heavy atom. The molecule has 0 N–H and O–H groups in total. The number of hydrogen-bond acceptors (Lipinski definition) is 2. The number of rotatable bonds is 12. The summed E-state index contributed by atoms with van der Waals surface area (Å²) in [6.45, 7) is 6.16. The third kappa shape index (κ3) is 14.0. The van der Waals surface area contributed by atoms with Crippen LogP contribution in [0.2, 0.25) is 0 Å². The third-order valence-electron chi connectivity index (χ3n) is 3.36. The molecule has 1 nitrogen and oxygen atoms in total. The number of hydrogen-bond donors (Lipinski definition) is 0. The predicted molar refractivity (Wildman–Crippen MR) is 88.7 cm³/mol. The van der Waals surface area contributed by atoms with Crippen molar-refractivity contribution in [1.82, 2.24) is 0 Å². The van der Waals surface area contributed by atoms with E-state index in [1.165, 1.54) is 76.0 Å². The molecule has 19 heavy (non-hydrogen) atoms. The highest BCUT2D eigenvalue weighted by Gasteiger charge is 2.00. The van der Waals surface area contributed by atoms with Crippen LogP contribution in [0, 0.1) is 0 Å². The van der Waals surface area contributed by atoms with Gasteiger partial charge in [-0.25, -0.2) is 0 Å². The van der Waals surface area contributed by atoms with Crippen molar-refractivity contribution in [2.24, 2.45) is 0 Å². The van der Waals surface area contributed by atoms with Crippen molar-refractivity contribution >= 4 is 16.9 Å².